The van der Waals surface area contributed by atoms with Crippen molar-refractivity contribution < 1.29 is 10.2 Å². The molecule has 17 heavy (non-hydrogen) atoms. The summed E-state index contributed by atoms with van der Waals surface area (Å²) in [4.78, 5) is 0. The average molecular weight is 236 g/mol. The van der Waals surface area contributed by atoms with Crippen molar-refractivity contribution in [2.75, 3.05) is 6.61 Å². The first-order chi connectivity index (χ1) is 7.99. The van der Waals surface area contributed by atoms with Gasteiger partial charge in [0, 0.05) is 5.92 Å². The summed E-state index contributed by atoms with van der Waals surface area (Å²) in [7, 11) is 0. The lowest BCUT2D eigenvalue weighted by molar-refractivity contribution is 0.0742. The van der Waals surface area contributed by atoms with Crippen LogP contribution in [0.1, 0.15) is 39.5 Å². The molecule has 2 aliphatic rings. The van der Waals surface area contributed by atoms with Gasteiger partial charge in [0.2, 0.25) is 0 Å². The lowest BCUT2D eigenvalue weighted by Gasteiger charge is -2.48. The van der Waals surface area contributed by atoms with Gasteiger partial charge < -0.3 is 10.2 Å². The van der Waals surface area contributed by atoms with Gasteiger partial charge in [0.05, 0.1) is 12.7 Å². The molecule has 1 saturated carbocycles. The number of allylic oxidation sites excluding steroid dienone is 1. The van der Waals surface area contributed by atoms with Gasteiger partial charge in [-0.1, -0.05) is 32.1 Å². The van der Waals surface area contributed by atoms with Gasteiger partial charge in [0.1, 0.15) is 0 Å². The van der Waals surface area contributed by atoms with Gasteiger partial charge in [-0.05, 0) is 42.6 Å². The molecule has 0 aromatic heterocycles. The van der Waals surface area contributed by atoms with E-state index in [-0.39, 0.29) is 17.9 Å². The largest absolute Gasteiger partial charge is 0.392 e. The van der Waals surface area contributed by atoms with Crippen LogP contribution in [0.3, 0.4) is 0 Å². The summed E-state index contributed by atoms with van der Waals surface area (Å²) in [6, 6.07) is 0. The molecule has 0 aromatic carbocycles. The Balaban J connectivity index is 2.30. The monoisotopic (exact) mass is 236 g/mol. The van der Waals surface area contributed by atoms with Crippen LogP contribution in [-0.2, 0) is 0 Å². The number of fused-ring (bicyclic) bond motifs is 1. The number of rotatable bonds is 2. The maximum Gasteiger partial charge on any atom is 0.0790 e. The molecular formula is C15H24O2. The predicted octanol–water partition coefficient (Wildman–Crippen LogP) is 2.67. The maximum absolute atomic E-state index is 10.2. The normalized spacial score (nSPS) is 41.6. The van der Waals surface area contributed by atoms with E-state index in [0.29, 0.717) is 5.92 Å². The number of aliphatic hydroxyl groups is 2. The Morgan fingerprint density at radius 3 is 2.94 bits per heavy atom. The van der Waals surface area contributed by atoms with Gasteiger partial charge in [-0.25, -0.2) is 0 Å². The van der Waals surface area contributed by atoms with Crippen molar-refractivity contribution in [3.63, 3.8) is 0 Å². The zero-order chi connectivity index (χ0) is 12.6. The third-order valence-corrected chi connectivity index (χ3v) is 5.06. The fraction of sp³-hybridized carbons (Fsp3) is 0.733. The Hall–Kier alpha value is -0.600. The second-order valence-electron chi connectivity index (χ2n) is 6.02. The lowest BCUT2D eigenvalue weighted by Crippen LogP contribution is -2.41. The summed E-state index contributed by atoms with van der Waals surface area (Å²) in [6.07, 6.45) is 6.13. The van der Waals surface area contributed by atoms with Crippen LogP contribution in [0.5, 0.6) is 0 Å². The van der Waals surface area contributed by atoms with Crippen LogP contribution in [0.4, 0.5) is 0 Å². The molecule has 1 fully saturated rings. The summed E-state index contributed by atoms with van der Waals surface area (Å²) < 4.78 is 0. The van der Waals surface area contributed by atoms with E-state index >= 15 is 0 Å². The zero-order valence-corrected chi connectivity index (χ0v) is 10.9. The van der Waals surface area contributed by atoms with Crippen LogP contribution in [0, 0.1) is 17.3 Å². The van der Waals surface area contributed by atoms with E-state index in [2.05, 4.69) is 20.4 Å². The molecule has 2 heteroatoms. The molecule has 2 N–H and O–H groups in total. The van der Waals surface area contributed by atoms with Crippen LogP contribution in [0.25, 0.3) is 0 Å². The molecule has 0 unspecified atom stereocenters. The molecule has 0 amide bonds. The topological polar surface area (TPSA) is 40.5 Å². The van der Waals surface area contributed by atoms with Crippen LogP contribution in [-0.4, -0.2) is 22.9 Å². The Morgan fingerprint density at radius 1 is 1.59 bits per heavy atom. The highest BCUT2D eigenvalue weighted by atomic mass is 16.3. The van der Waals surface area contributed by atoms with Crippen LogP contribution >= 0.6 is 0 Å². The molecule has 2 aliphatic carbocycles. The summed E-state index contributed by atoms with van der Waals surface area (Å²) in [5, 5.41) is 19.4. The summed E-state index contributed by atoms with van der Waals surface area (Å²) in [5.41, 5.74) is 2.39. The molecular weight excluding hydrogens is 212 g/mol. The highest BCUT2D eigenvalue weighted by molar-refractivity contribution is 5.27. The molecule has 0 radical (unpaired) electrons. The molecule has 0 saturated heterocycles. The summed E-state index contributed by atoms with van der Waals surface area (Å²) in [6.45, 7) is 8.50. The Morgan fingerprint density at radius 2 is 2.29 bits per heavy atom. The van der Waals surface area contributed by atoms with Crippen molar-refractivity contribution in [3.05, 3.63) is 23.8 Å². The smallest absolute Gasteiger partial charge is 0.0790 e. The predicted molar refractivity (Wildman–Crippen MR) is 69.5 cm³/mol. The van der Waals surface area contributed by atoms with Gasteiger partial charge in [-0.2, -0.15) is 0 Å². The highest BCUT2D eigenvalue weighted by Gasteiger charge is 2.44. The Kier molecular flexibility index (Phi) is 3.46. The number of hydrogen-bond donors (Lipinski definition) is 2. The van der Waals surface area contributed by atoms with E-state index in [1.54, 1.807) is 0 Å². The molecule has 96 valence electrons. The fourth-order valence-corrected chi connectivity index (χ4v) is 3.53. The Bertz CT molecular complexity index is 345. The van der Waals surface area contributed by atoms with Gasteiger partial charge in [0.25, 0.3) is 0 Å². The molecule has 2 nitrogen and oxygen atoms in total. The SMILES string of the molecule is C=C(CO)[C@H]1C[C@]2(C)C(=C[C@H]1O)CCC[C@H]2C. The van der Waals surface area contributed by atoms with Gasteiger partial charge in [0.15, 0.2) is 0 Å². The maximum atomic E-state index is 10.2. The lowest BCUT2D eigenvalue weighted by atomic mass is 9.57. The standard InChI is InChI=1S/C15H24O2/c1-10(9-16)13-8-15(3)11(2)5-4-6-12(15)7-14(13)17/h7,11,13-14,16-17H,1,4-6,8-9H2,2-3H3/t11-,13-,14-,15+/m1/s1. The van der Waals surface area contributed by atoms with Crippen molar-refractivity contribution in [1.82, 2.24) is 0 Å². The van der Waals surface area contributed by atoms with E-state index in [4.69, 9.17) is 0 Å². The van der Waals surface area contributed by atoms with E-state index in [1.807, 2.05) is 6.08 Å². The van der Waals surface area contributed by atoms with E-state index < -0.39 is 6.10 Å². The quantitative estimate of drug-likeness (QED) is 0.724. The average Bonchev–Trinajstić information content (AvgIpc) is 2.31. The van der Waals surface area contributed by atoms with E-state index in [1.165, 1.54) is 18.4 Å². The van der Waals surface area contributed by atoms with Gasteiger partial charge in [-0.15, -0.1) is 0 Å². The third-order valence-electron chi connectivity index (χ3n) is 5.06. The van der Waals surface area contributed by atoms with Crippen molar-refractivity contribution in [2.24, 2.45) is 17.3 Å². The second kappa shape index (κ2) is 4.58. The molecule has 0 spiro atoms. The summed E-state index contributed by atoms with van der Waals surface area (Å²) >= 11 is 0. The third kappa shape index (κ3) is 2.09. The first-order valence-electron chi connectivity index (χ1n) is 6.67. The second-order valence-corrected chi connectivity index (χ2v) is 6.02. The molecule has 0 heterocycles. The van der Waals surface area contributed by atoms with Crippen LogP contribution < -0.4 is 0 Å². The molecule has 4 atom stereocenters. The first kappa shape index (κ1) is 12.8. The van der Waals surface area contributed by atoms with Crippen molar-refractivity contribution in [1.29, 1.82) is 0 Å². The highest BCUT2D eigenvalue weighted by Crippen LogP contribution is 2.52. The van der Waals surface area contributed by atoms with Crippen molar-refractivity contribution >= 4 is 0 Å². The molecule has 2 rings (SSSR count). The molecule has 0 aromatic rings. The van der Waals surface area contributed by atoms with E-state index in [0.717, 1.165) is 18.4 Å². The van der Waals surface area contributed by atoms with Crippen molar-refractivity contribution in [3.8, 4) is 0 Å². The van der Waals surface area contributed by atoms with Crippen LogP contribution in [0.2, 0.25) is 0 Å². The van der Waals surface area contributed by atoms with E-state index in [9.17, 15) is 10.2 Å². The number of hydrogen-bond acceptors (Lipinski definition) is 2. The minimum atomic E-state index is -0.456. The zero-order valence-electron chi connectivity index (χ0n) is 10.9. The van der Waals surface area contributed by atoms with Crippen molar-refractivity contribution in [2.45, 2.75) is 45.6 Å². The molecule has 0 bridgehead atoms. The van der Waals surface area contributed by atoms with Crippen LogP contribution in [0.15, 0.2) is 23.8 Å². The summed E-state index contributed by atoms with van der Waals surface area (Å²) in [5.74, 6) is 0.679. The first-order valence-corrected chi connectivity index (χ1v) is 6.67. The number of aliphatic hydroxyl groups excluding tert-OH is 2. The molecule has 0 aliphatic heterocycles. The minimum Gasteiger partial charge on any atom is -0.392 e. The fourth-order valence-electron chi connectivity index (χ4n) is 3.53. The minimum absolute atomic E-state index is 0.0185. The van der Waals surface area contributed by atoms with Gasteiger partial charge in [-0.3, -0.25) is 0 Å². The van der Waals surface area contributed by atoms with Gasteiger partial charge >= 0.3 is 0 Å². The Labute approximate surface area is 104 Å².